The van der Waals surface area contributed by atoms with E-state index in [9.17, 15) is 4.79 Å². The van der Waals surface area contributed by atoms with Crippen LogP contribution < -0.4 is 5.32 Å². The Hall–Kier alpha value is -1.94. The van der Waals surface area contributed by atoms with Gasteiger partial charge in [0.2, 0.25) is 5.89 Å². The van der Waals surface area contributed by atoms with Crippen molar-refractivity contribution in [2.45, 2.75) is 6.92 Å². The minimum absolute atomic E-state index is 0.139. The van der Waals surface area contributed by atoms with Crippen molar-refractivity contribution in [3.05, 3.63) is 78.9 Å². The summed E-state index contributed by atoms with van der Waals surface area (Å²) < 4.78 is 7.82. The molecule has 0 saturated carbocycles. The molecule has 1 amide bonds. The van der Waals surface area contributed by atoms with Crippen molar-refractivity contribution < 1.29 is 9.21 Å². The highest BCUT2D eigenvalue weighted by molar-refractivity contribution is 14.1. The van der Waals surface area contributed by atoms with E-state index in [0.29, 0.717) is 28.2 Å². The molecule has 0 radical (unpaired) electrons. The minimum atomic E-state index is -0.139. The van der Waals surface area contributed by atoms with Crippen LogP contribution in [-0.2, 0) is 0 Å². The molecule has 3 aromatic carbocycles. The van der Waals surface area contributed by atoms with Gasteiger partial charge in [-0.15, -0.1) is 0 Å². The summed E-state index contributed by atoms with van der Waals surface area (Å²) in [6, 6.07) is 19.3. The predicted molar refractivity (Wildman–Crippen MR) is 124 cm³/mol. The Morgan fingerprint density at radius 2 is 1.85 bits per heavy atom. The van der Waals surface area contributed by atoms with Gasteiger partial charge < -0.3 is 9.73 Å². The van der Waals surface area contributed by atoms with E-state index in [4.69, 9.17) is 4.42 Å². The fourth-order valence-electron chi connectivity index (χ4n) is 2.80. The summed E-state index contributed by atoms with van der Waals surface area (Å²) in [5, 5.41) is 2.95. The lowest BCUT2D eigenvalue weighted by atomic mass is 10.1. The van der Waals surface area contributed by atoms with Gasteiger partial charge in [0.15, 0.2) is 5.58 Å². The lowest BCUT2D eigenvalue weighted by Crippen LogP contribution is -2.13. The third-order valence-electron chi connectivity index (χ3n) is 4.19. The van der Waals surface area contributed by atoms with Crippen molar-refractivity contribution in [2.24, 2.45) is 0 Å². The van der Waals surface area contributed by atoms with Gasteiger partial charge in [-0.25, -0.2) is 4.98 Å². The number of aromatic nitrogens is 1. The van der Waals surface area contributed by atoms with Gasteiger partial charge in [-0.1, -0.05) is 18.2 Å². The second kappa shape index (κ2) is 7.59. The first-order valence-corrected chi connectivity index (χ1v) is 10.4. The van der Waals surface area contributed by atoms with Crippen molar-refractivity contribution in [3.63, 3.8) is 0 Å². The van der Waals surface area contributed by atoms with E-state index in [1.54, 1.807) is 0 Å². The van der Waals surface area contributed by atoms with Gasteiger partial charge in [0.25, 0.3) is 5.91 Å². The van der Waals surface area contributed by atoms with E-state index in [0.717, 1.165) is 18.3 Å². The molecular weight excluding hydrogens is 566 g/mol. The molecule has 6 heteroatoms. The van der Waals surface area contributed by atoms with E-state index in [2.05, 4.69) is 55.5 Å². The zero-order valence-electron chi connectivity index (χ0n) is 14.3. The number of anilines is 1. The van der Waals surface area contributed by atoms with E-state index < -0.39 is 0 Å². The van der Waals surface area contributed by atoms with Crippen LogP contribution in [-0.4, -0.2) is 10.9 Å². The number of oxazole rings is 1. The van der Waals surface area contributed by atoms with E-state index >= 15 is 0 Å². The summed E-state index contributed by atoms with van der Waals surface area (Å²) in [6.45, 7) is 2.03. The van der Waals surface area contributed by atoms with Crippen LogP contribution in [0.5, 0.6) is 0 Å². The monoisotopic (exact) mass is 580 g/mol. The molecule has 1 N–H and O–H groups in total. The first-order valence-electron chi connectivity index (χ1n) is 8.24. The number of amides is 1. The van der Waals surface area contributed by atoms with Crippen LogP contribution in [0.2, 0.25) is 0 Å². The smallest absolute Gasteiger partial charge is 0.256 e. The molecule has 134 valence electrons. The number of benzene rings is 3. The van der Waals surface area contributed by atoms with Gasteiger partial charge in [0.05, 0.1) is 5.56 Å². The molecule has 0 aliphatic rings. The molecular formula is C21H14I2N2O2. The maximum Gasteiger partial charge on any atom is 0.256 e. The van der Waals surface area contributed by atoms with Crippen molar-refractivity contribution in [1.29, 1.82) is 0 Å². The zero-order chi connectivity index (χ0) is 19.0. The zero-order valence-corrected chi connectivity index (χ0v) is 18.6. The number of rotatable bonds is 3. The average molecular weight is 580 g/mol. The van der Waals surface area contributed by atoms with Gasteiger partial charge in [-0.05, 0) is 100 Å². The third-order valence-corrected chi connectivity index (χ3v) is 5.81. The van der Waals surface area contributed by atoms with Crippen LogP contribution in [0.1, 0.15) is 15.9 Å². The average Bonchev–Trinajstić information content (AvgIpc) is 3.07. The molecule has 27 heavy (non-hydrogen) atoms. The lowest BCUT2D eigenvalue weighted by Gasteiger charge is -2.07. The Morgan fingerprint density at radius 1 is 1.04 bits per heavy atom. The van der Waals surface area contributed by atoms with Gasteiger partial charge in [0, 0.05) is 18.4 Å². The number of nitrogens with one attached hydrogen (secondary N) is 1. The number of halogens is 2. The summed E-state index contributed by atoms with van der Waals surface area (Å²) in [6.07, 6.45) is 0. The van der Waals surface area contributed by atoms with Crippen molar-refractivity contribution >= 4 is 67.9 Å². The molecule has 4 nitrogen and oxygen atoms in total. The molecule has 4 rings (SSSR count). The highest BCUT2D eigenvalue weighted by Crippen LogP contribution is 2.28. The molecule has 0 bridgehead atoms. The standard InChI is InChI=1S/C21H14I2N2O2/c1-12-4-2-3-5-15(12)21-25-18-11-14(7-9-19(18)27-21)24-20(26)16-10-13(22)6-8-17(16)23/h2-11H,1H3,(H,24,26). The lowest BCUT2D eigenvalue weighted by molar-refractivity contribution is 0.102. The van der Waals surface area contributed by atoms with Crippen molar-refractivity contribution in [2.75, 3.05) is 5.32 Å². The summed E-state index contributed by atoms with van der Waals surface area (Å²) >= 11 is 4.37. The highest BCUT2D eigenvalue weighted by atomic mass is 127. The normalized spacial score (nSPS) is 10.9. The first kappa shape index (κ1) is 18.4. The number of nitrogens with zero attached hydrogens (tertiary/aromatic N) is 1. The largest absolute Gasteiger partial charge is 0.436 e. The number of carbonyl (C=O) groups excluding carboxylic acids is 1. The Morgan fingerprint density at radius 3 is 2.67 bits per heavy atom. The molecule has 0 atom stereocenters. The Kier molecular flexibility index (Phi) is 5.18. The number of carbonyl (C=O) groups is 1. The van der Waals surface area contributed by atoms with E-state index in [-0.39, 0.29) is 5.91 Å². The number of hydrogen-bond acceptors (Lipinski definition) is 3. The molecule has 0 unspecified atom stereocenters. The first-order chi connectivity index (χ1) is 13.0. The Balaban J connectivity index is 1.65. The summed E-state index contributed by atoms with van der Waals surface area (Å²) in [5.74, 6) is 0.443. The van der Waals surface area contributed by atoms with Crippen LogP contribution in [0.3, 0.4) is 0 Å². The molecule has 0 fully saturated rings. The highest BCUT2D eigenvalue weighted by Gasteiger charge is 2.14. The molecule has 0 aliphatic heterocycles. The Labute approximate surface area is 183 Å². The molecule has 0 saturated heterocycles. The molecule has 0 spiro atoms. The van der Waals surface area contributed by atoms with Crippen LogP contribution >= 0.6 is 45.2 Å². The molecule has 4 aromatic rings. The van der Waals surface area contributed by atoms with Crippen LogP contribution in [0.15, 0.2) is 65.1 Å². The second-order valence-corrected chi connectivity index (χ2v) is 8.50. The van der Waals surface area contributed by atoms with Crippen LogP contribution in [0.25, 0.3) is 22.6 Å². The maximum atomic E-state index is 12.6. The fourth-order valence-corrected chi connectivity index (χ4v) is 3.87. The minimum Gasteiger partial charge on any atom is -0.436 e. The fraction of sp³-hybridized carbons (Fsp3) is 0.0476. The van der Waals surface area contributed by atoms with Gasteiger partial charge >= 0.3 is 0 Å². The number of fused-ring (bicyclic) bond motifs is 1. The van der Waals surface area contributed by atoms with Gasteiger partial charge in [-0.3, -0.25) is 4.79 Å². The van der Waals surface area contributed by atoms with Gasteiger partial charge in [-0.2, -0.15) is 0 Å². The predicted octanol–water partition coefficient (Wildman–Crippen LogP) is 6.26. The molecule has 1 heterocycles. The van der Waals surface area contributed by atoms with Crippen molar-refractivity contribution in [1.82, 2.24) is 4.98 Å². The van der Waals surface area contributed by atoms with Crippen molar-refractivity contribution in [3.8, 4) is 11.5 Å². The molecule has 0 aliphatic carbocycles. The quantitative estimate of drug-likeness (QED) is 0.291. The molecule has 1 aromatic heterocycles. The number of aryl methyl sites for hydroxylation is 1. The second-order valence-electron chi connectivity index (χ2n) is 6.09. The summed E-state index contributed by atoms with van der Waals surface area (Å²) in [5.41, 5.74) is 4.81. The SMILES string of the molecule is Cc1ccccc1-c1nc2cc(NC(=O)c3cc(I)ccc3I)ccc2o1. The number of hydrogen-bond donors (Lipinski definition) is 1. The van der Waals surface area contributed by atoms with E-state index in [1.165, 1.54) is 0 Å². The van der Waals surface area contributed by atoms with E-state index in [1.807, 2.05) is 67.6 Å². The topological polar surface area (TPSA) is 55.1 Å². The van der Waals surface area contributed by atoms with Gasteiger partial charge in [0.1, 0.15) is 5.52 Å². The van der Waals surface area contributed by atoms with Crippen LogP contribution in [0.4, 0.5) is 5.69 Å². The summed E-state index contributed by atoms with van der Waals surface area (Å²) in [7, 11) is 0. The summed E-state index contributed by atoms with van der Waals surface area (Å²) in [4.78, 5) is 17.2. The maximum absolute atomic E-state index is 12.6. The third kappa shape index (κ3) is 3.86. The van der Waals surface area contributed by atoms with Crippen LogP contribution in [0, 0.1) is 14.1 Å². The Bertz CT molecular complexity index is 1170.